The fourth-order valence-electron chi connectivity index (χ4n) is 3.48. The lowest BCUT2D eigenvalue weighted by atomic mass is 9.77. The van der Waals surface area contributed by atoms with Gasteiger partial charge in [-0.3, -0.25) is 9.59 Å². The number of nitrogens with one attached hydrogen (secondary N) is 1. The van der Waals surface area contributed by atoms with Crippen LogP contribution in [0.5, 0.6) is 0 Å². The van der Waals surface area contributed by atoms with Gasteiger partial charge in [-0.25, -0.2) is 4.68 Å². The number of benzene rings is 1. The molecule has 1 saturated carbocycles. The van der Waals surface area contributed by atoms with Crippen molar-refractivity contribution < 1.29 is 9.53 Å². The second kappa shape index (κ2) is 7.12. The van der Waals surface area contributed by atoms with E-state index in [4.69, 9.17) is 4.74 Å². The molecule has 1 heterocycles. The Morgan fingerprint density at radius 1 is 1.42 bits per heavy atom. The Bertz CT molecular complexity index is 901. The first-order valence-electron chi connectivity index (χ1n) is 8.77. The normalized spacial score (nSPS) is 22.5. The van der Waals surface area contributed by atoms with E-state index in [1.54, 1.807) is 13.2 Å². The molecule has 1 aliphatic rings. The molecule has 26 heavy (non-hydrogen) atoms. The maximum atomic E-state index is 12.8. The highest BCUT2D eigenvalue weighted by Gasteiger charge is 2.41. The highest BCUT2D eigenvalue weighted by atomic mass is 79.9. The number of fused-ring (bicyclic) bond motifs is 1. The molecule has 1 aromatic carbocycles. The van der Waals surface area contributed by atoms with Crippen molar-refractivity contribution in [1.29, 1.82) is 0 Å². The van der Waals surface area contributed by atoms with Gasteiger partial charge in [-0.1, -0.05) is 29.8 Å². The Morgan fingerprint density at radius 2 is 2.12 bits per heavy atom. The van der Waals surface area contributed by atoms with Crippen LogP contribution in [0.15, 0.2) is 27.5 Å². The molecule has 0 saturated heterocycles. The minimum Gasteiger partial charge on any atom is -0.378 e. The second-order valence-electron chi connectivity index (χ2n) is 7.52. The van der Waals surface area contributed by atoms with E-state index in [2.05, 4.69) is 26.3 Å². The van der Waals surface area contributed by atoms with E-state index in [1.165, 1.54) is 4.68 Å². The van der Waals surface area contributed by atoms with Crippen molar-refractivity contribution in [2.75, 3.05) is 7.11 Å². The van der Waals surface area contributed by atoms with Gasteiger partial charge in [-0.2, -0.15) is 5.10 Å². The Morgan fingerprint density at radius 3 is 2.73 bits per heavy atom. The number of carbonyl (C=O) groups excluding carboxylic acids is 1. The summed E-state index contributed by atoms with van der Waals surface area (Å²) in [6, 6.07) is 5.60. The largest absolute Gasteiger partial charge is 0.378 e. The second-order valence-corrected chi connectivity index (χ2v) is 8.44. The highest BCUT2D eigenvalue weighted by molar-refractivity contribution is 9.10. The molecule has 3 rings (SSSR count). The minimum absolute atomic E-state index is 0.0786. The van der Waals surface area contributed by atoms with Crippen molar-refractivity contribution >= 4 is 32.6 Å². The summed E-state index contributed by atoms with van der Waals surface area (Å²) >= 11 is 3.44. The number of carbonyl (C=O) groups is 1. The molecule has 7 heteroatoms. The minimum atomic E-state index is -0.248. The fourth-order valence-corrected chi connectivity index (χ4v) is 3.84. The summed E-state index contributed by atoms with van der Waals surface area (Å²) in [6.07, 6.45) is 1.56. The first-order chi connectivity index (χ1) is 12.2. The van der Waals surface area contributed by atoms with Gasteiger partial charge < -0.3 is 10.1 Å². The zero-order chi connectivity index (χ0) is 19.1. The molecule has 1 N–H and O–H groups in total. The third-order valence-electron chi connectivity index (χ3n) is 5.01. The average molecular weight is 422 g/mol. The Balaban J connectivity index is 1.84. The number of halogens is 1. The van der Waals surface area contributed by atoms with E-state index in [1.807, 2.05) is 32.9 Å². The molecule has 0 spiro atoms. The summed E-state index contributed by atoms with van der Waals surface area (Å²) in [6.45, 7) is 6.00. The van der Waals surface area contributed by atoms with Gasteiger partial charge in [0.15, 0.2) is 0 Å². The van der Waals surface area contributed by atoms with Gasteiger partial charge in [-0.15, -0.1) is 0 Å². The predicted octanol–water partition coefficient (Wildman–Crippen LogP) is 2.97. The van der Waals surface area contributed by atoms with Crippen LogP contribution >= 0.6 is 15.9 Å². The third kappa shape index (κ3) is 3.69. The molecule has 1 aromatic heterocycles. The molecule has 1 aliphatic carbocycles. The standard InChI is InChI=1S/C19H24BrN3O3/c1-11(2)17-15-7-12(20)5-6-14(15)18(25)23(22-17)10-16(24)21-13-8-19(3,9-13)26-4/h5-7,11,13H,8-10H2,1-4H3,(H,21,24)/t13-,19+. The Labute approximate surface area is 161 Å². The van der Waals surface area contributed by atoms with Crippen LogP contribution in [0.25, 0.3) is 10.8 Å². The number of rotatable bonds is 5. The number of nitrogens with zero attached hydrogens (tertiary/aromatic N) is 2. The van der Waals surface area contributed by atoms with Crippen LogP contribution in [0, 0.1) is 0 Å². The lowest BCUT2D eigenvalue weighted by Crippen LogP contribution is -2.55. The van der Waals surface area contributed by atoms with Crippen LogP contribution < -0.4 is 10.9 Å². The van der Waals surface area contributed by atoms with Crippen LogP contribution in [0.2, 0.25) is 0 Å². The molecule has 0 atom stereocenters. The summed E-state index contributed by atoms with van der Waals surface area (Å²) in [5.74, 6) is -0.0651. The van der Waals surface area contributed by atoms with Crippen molar-refractivity contribution in [3.8, 4) is 0 Å². The third-order valence-corrected chi connectivity index (χ3v) is 5.50. The number of ether oxygens (including phenoxy) is 1. The number of hydrogen-bond acceptors (Lipinski definition) is 4. The molecule has 1 amide bonds. The highest BCUT2D eigenvalue weighted by Crippen LogP contribution is 2.34. The SMILES string of the molecule is CO[C@]1(C)C[C@H](NC(=O)Cn2nc(C(C)C)c3cc(Br)ccc3c2=O)C1. The lowest BCUT2D eigenvalue weighted by molar-refractivity contribution is -0.127. The first-order valence-corrected chi connectivity index (χ1v) is 9.56. The molecular weight excluding hydrogens is 398 g/mol. The summed E-state index contributed by atoms with van der Waals surface area (Å²) < 4.78 is 7.57. The topological polar surface area (TPSA) is 73.2 Å². The molecule has 6 nitrogen and oxygen atoms in total. The van der Waals surface area contributed by atoms with E-state index < -0.39 is 0 Å². The summed E-state index contributed by atoms with van der Waals surface area (Å²) in [5, 5.41) is 8.84. The molecule has 0 unspecified atom stereocenters. The van der Waals surface area contributed by atoms with Crippen molar-refractivity contribution in [1.82, 2.24) is 15.1 Å². The van der Waals surface area contributed by atoms with Crippen LogP contribution in [-0.2, 0) is 16.1 Å². The fraction of sp³-hybridized carbons (Fsp3) is 0.526. The average Bonchev–Trinajstić information content (AvgIpc) is 2.55. The first kappa shape index (κ1) is 19.0. The van der Waals surface area contributed by atoms with Gasteiger partial charge in [0, 0.05) is 23.0 Å². The van der Waals surface area contributed by atoms with E-state index in [0.717, 1.165) is 28.4 Å². The lowest BCUT2D eigenvalue weighted by Gasteiger charge is -2.44. The smallest absolute Gasteiger partial charge is 0.275 e. The molecule has 2 aromatic rings. The summed E-state index contributed by atoms with van der Waals surface area (Å²) in [4.78, 5) is 25.1. The van der Waals surface area contributed by atoms with Gasteiger partial charge in [-0.05, 0) is 43.9 Å². The zero-order valence-corrected chi connectivity index (χ0v) is 17.1. The molecular formula is C19H24BrN3O3. The molecule has 0 aliphatic heterocycles. The summed E-state index contributed by atoms with van der Waals surface area (Å²) in [7, 11) is 1.68. The molecule has 1 fully saturated rings. The van der Waals surface area contributed by atoms with Crippen LogP contribution in [0.4, 0.5) is 0 Å². The number of amides is 1. The van der Waals surface area contributed by atoms with Crippen LogP contribution in [0.3, 0.4) is 0 Å². The van der Waals surface area contributed by atoms with Crippen molar-refractivity contribution in [2.45, 2.75) is 57.7 Å². The van der Waals surface area contributed by atoms with Crippen LogP contribution in [-0.4, -0.2) is 34.4 Å². The zero-order valence-electron chi connectivity index (χ0n) is 15.5. The van der Waals surface area contributed by atoms with Gasteiger partial charge in [0.1, 0.15) is 6.54 Å². The van der Waals surface area contributed by atoms with E-state index >= 15 is 0 Å². The molecule has 0 radical (unpaired) electrons. The van der Waals surface area contributed by atoms with E-state index in [-0.39, 0.29) is 35.6 Å². The van der Waals surface area contributed by atoms with E-state index in [0.29, 0.717) is 5.39 Å². The number of hydrogen-bond donors (Lipinski definition) is 1. The maximum Gasteiger partial charge on any atom is 0.275 e. The van der Waals surface area contributed by atoms with Crippen LogP contribution in [0.1, 0.15) is 45.2 Å². The monoisotopic (exact) mass is 421 g/mol. The van der Waals surface area contributed by atoms with E-state index in [9.17, 15) is 9.59 Å². The van der Waals surface area contributed by atoms with Gasteiger partial charge in [0.25, 0.3) is 5.56 Å². The molecule has 0 bridgehead atoms. The van der Waals surface area contributed by atoms with Crippen molar-refractivity contribution in [3.05, 3.63) is 38.7 Å². The number of aromatic nitrogens is 2. The van der Waals surface area contributed by atoms with Gasteiger partial charge in [0.05, 0.1) is 16.7 Å². The maximum absolute atomic E-state index is 12.8. The Kier molecular flexibility index (Phi) is 5.21. The summed E-state index contributed by atoms with van der Waals surface area (Å²) in [5.41, 5.74) is 0.403. The van der Waals surface area contributed by atoms with Crippen molar-refractivity contribution in [2.24, 2.45) is 0 Å². The predicted molar refractivity (Wildman–Crippen MR) is 104 cm³/mol. The quantitative estimate of drug-likeness (QED) is 0.804. The van der Waals surface area contributed by atoms with Gasteiger partial charge >= 0.3 is 0 Å². The Hall–Kier alpha value is -1.73. The number of methoxy groups -OCH3 is 1. The van der Waals surface area contributed by atoms with Gasteiger partial charge in [0.2, 0.25) is 5.91 Å². The van der Waals surface area contributed by atoms with Crippen molar-refractivity contribution in [3.63, 3.8) is 0 Å². The molecule has 140 valence electrons.